The van der Waals surface area contributed by atoms with Gasteiger partial charge in [0.2, 0.25) is 0 Å². The van der Waals surface area contributed by atoms with E-state index in [1.165, 1.54) is 34.8 Å². The Kier molecular flexibility index (Phi) is 5.53. The number of carbonyl (C=O) groups is 2. The summed E-state index contributed by atoms with van der Waals surface area (Å²) >= 11 is 0. The standard InChI is InChI=1S/C20H20FN7O4/c1-10(22)18(29)31-19-11(2)28(20(30)32-19)13-5-6-14(15(21)8-13)12-4-7-16(23-9-12)17-24-25-26-27(17)3/h4-11,19H,22H2,1-3H3/t10-,11+,19?/m0/s1. The van der Waals surface area contributed by atoms with Gasteiger partial charge in [-0.15, -0.1) is 5.10 Å². The van der Waals surface area contributed by atoms with Gasteiger partial charge in [-0.05, 0) is 48.5 Å². The fourth-order valence-electron chi connectivity index (χ4n) is 3.25. The number of esters is 1. The molecular formula is C20H20FN7O4. The van der Waals surface area contributed by atoms with E-state index in [-0.39, 0.29) is 5.69 Å². The molecule has 0 aliphatic carbocycles. The molecule has 1 aliphatic heterocycles. The number of hydrogen-bond acceptors (Lipinski definition) is 9. The molecule has 0 bridgehead atoms. The average Bonchev–Trinajstić information content (AvgIpc) is 3.30. The van der Waals surface area contributed by atoms with Crippen molar-refractivity contribution in [2.75, 3.05) is 4.90 Å². The molecule has 3 atom stereocenters. The number of nitrogens with two attached hydrogens (primary N) is 1. The lowest BCUT2D eigenvalue weighted by atomic mass is 10.1. The number of ether oxygens (including phenoxy) is 2. The summed E-state index contributed by atoms with van der Waals surface area (Å²) in [7, 11) is 1.69. The predicted octanol–water partition coefficient (Wildman–Crippen LogP) is 1.64. The van der Waals surface area contributed by atoms with Crippen LogP contribution in [-0.2, 0) is 21.3 Å². The summed E-state index contributed by atoms with van der Waals surface area (Å²) in [4.78, 5) is 29.6. The molecule has 1 aliphatic rings. The second-order valence-corrected chi connectivity index (χ2v) is 7.31. The monoisotopic (exact) mass is 441 g/mol. The number of cyclic esters (lactones) is 1. The van der Waals surface area contributed by atoms with Gasteiger partial charge in [-0.3, -0.25) is 14.7 Å². The van der Waals surface area contributed by atoms with Crippen LogP contribution in [0.2, 0.25) is 0 Å². The zero-order chi connectivity index (χ0) is 23.0. The lowest BCUT2D eigenvalue weighted by Crippen LogP contribution is -2.39. The van der Waals surface area contributed by atoms with Gasteiger partial charge in [0, 0.05) is 24.4 Å². The van der Waals surface area contributed by atoms with E-state index in [4.69, 9.17) is 15.2 Å². The van der Waals surface area contributed by atoms with Crippen LogP contribution < -0.4 is 10.6 Å². The quantitative estimate of drug-likeness (QED) is 0.585. The molecule has 32 heavy (non-hydrogen) atoms. The number of carbonyl (C=O) groups excluding carboxylic acids is 2. The molecule has 0 spiro atoms. The van der Waals surface area contributed by atoms with Crippen LogP contribution in [0, 0.1) is 5.82 Å². The molecule has 0 radical (unpaired) electrons. The third-order valence-corrected chi connectivity index (χ3v) is 4.97. The Bertz CT molecular complexity index is 1170. The average molecular weight is 441 g/mol. The van der Waals surface area contributed by atoms with Gasteiger partial charge in [0.1, 0.15) is 23.6 Å². The van der Waals surface area contributed by atoms with E-state index in [0.29, 0.717) is 22.6 Å². The Balaban J connectivity index is 1.55. The van der Waals surface area contributed by atoms with Crippen LogP contribution in [0.3, 0.4) is 0 Å². The molecule has 11 nitrogen and oxygen atoms in total. The summed E-state index contributed by atoms with van der Waals surface area (Å²) in [5.74, 6) is -0.785. The summed E-state index contributed by atoms with van der Waals surface area (Å²) in [6.45, 7) is 3.08. The fourth-order valence-corrected chi connectivity index (χ4v) is 3.25. The van der Waals surface area contributed by atoms with Gasteiger partial charge in [-0.25, -0.2) is 13.9 Å². The van der Waals surface area contributed by atoms with E-state index in [0.717, 1.165) is 0 Å². The number of pyridine rings is 1. The third-order valence-electron chi connectivity index (χ3n) is 4.97. The van der Waals surface area contributed by atoms with Crippen molar-refractivity contribution in [3.05, 3.63) is 42.3 Å². The Morgan fingerprint density at radius 3 is 2.69 bits per heavy atom. The Labute approximate surface area is 181 Å². The van der Waals surface area contributed by atoms with Gasteiger partial charge >= 0.3 is 12.1 Å². The van der Waals surface area contributed by atoms with Crippen molar-refractivity contribution >= 4 is 17.7 Å². The largest absolute Gasteiger partial charge is 0.422 e. The second-order valence-electron chi connectivity index (χ2n) is 7.31. The molecule has 0 saturated carbocycles. The summed E-state index contributed by atoms with van der Waals surface area (Å²) < 4.78 is 26.7. The Morgan fingerprint density at radius 2 is 2.09 bits per heavy atom. The van der Waals surface area contributed by atoms with Gasteiger partial charge in [-0.1, -0.05) is 6.07 Å². The minimum atomic E-state index is -1.14. The van der Waals surface area contributed by atoms with Crippen LogP contribution in [0.5, 0.6) is 0 Å². The molecule has 1 fully saturated rings. The topological polar surface area (TPSA) is 138 Å². The highest BCUT2D eigenvalue weighted by Gasteiger charge is 2.42. The number of hydrogen-bond donors (Lipinski definition) is 1. The highest BCUT2D eigenvalue weighted by atomic mass is 19.1. The number of anilines is 1. The first-order valence-electron chi connectivity index (χ1n) is 9.71. The summed E-state index contributed by atoms with van der Waals surface area (Å²) in [6.07, 6.45) is -0.385. The highest BCUT2D eigenvalue weighted by Crippen LogP contribution is 2.32. The maximum absolute atomic E-state index is 14.9. The smallest absolute Gasteiger partial charge is 0.417 e. The van der Waals surface area contributed by atoms with Gasteiger partial charge < -0.3 is 15.2 Å². The molecule has 4 rings (SSSR count). The van der Waals surface area contributed by atoms with E-state index in [1.54, 1.807) is 32.2 Å². The minimum Gasteiger partial charge on any atom is -0.422 e. The molecule has 3 aromatic rings. The van der Waals surface area contributed by atoms with E-state index in [2.05, 4.69) is 20.5 Å². The van der Waals surface area contributed by atoms with E-state index in [9.17, 15) is 14.0 Å². The van der Waals surface area contributed by atoms with Crippen LogP contribution in [0.15, 0.2) is 36.5 Å². The maximum Gasteiger partial charge on any atom is 0.417 e. The van der Waals surface area contributed by atoms with Gasteiger partial charge in [-0.2, -0.15) is 0 Å². The van der Waals surface area contributed by atoms with Crippen molar-refractivity contribution in [2.45, 2.75) is 32.2 Å². The van der Waals surface area contributed by atoms with Crippen molar-refractivity contribution < 1.29 is 23.5 Å². The third kappa shape index (κ3) is 3.87. The van der Waals surface area contributed by atoms with E-state index in [1.807, 2.05) is 0 Å². The SMILES string of the molecule is C[C@H](N)C(=O)OC1OC(=O)N(c2ccc(-c3ccc(-c4nnnn4C)nc3)c(F)c2)[C@@H]1C. The zero-order valence-corrected chi connectivity index (χ0v) is 17.5. The number of benzene rings is 1. The number of amides is 1. The lowest BCUT2D eigenvalue weighted by Gasteiger charge is -2.21. The summed E-state index contributed by atoms with van der Waals surface area (Å²) in [5.41, 5.74) is 7.12. The van der Waals surface area contributed by atoms with E-state index < -0.39 is 36.3 Å². The number of aryl methyl sites for hydroxylation is 1. The van der Waals surface area contributed by atoms with Crippen molar-refractivity contribution in [2.24, 2.45) is 12.8 Å². The molecule has 1 amide bonds. The van der Waals surface area contributed by atoms with Crippen molar-refractivity contribution in [3.63, 3.8) is 0 Å². The van der Waals surface area contributed by atoms with Gasteiger partial charge in [0.15, 0.2) is 5.82 Å². The fraction of sp³-hybridized carbons (Fsp3) is 0.300. The molecule has 1 saturated heterocycles. The molecule has 1 unspecified atom stereocenters. The van der Waals surface area contributed by atoms with Crippen molar-refractivity contribution in [1.29, 1.82) is 0 Å². The molecule has 2 N–H and O–H groups in total. The predicted molar refractivity (Wildman–Crippen MR) is 109 cm³/mol. The number of halogens is 1. The number of nitrogens with zero attached hydrogens (tertiary/aromatic N) is 6. The van der Waals surface area contributed by atoms with Crippen molar-refractivity contribution in [1.82, 2.24) is 25.2 Å². The summed E-state index contributed by atoms with van der Waals surface area (Å²) in [6, 6.07) is 6.17. The van der Waals surface area contributed by atoms with Crippen LogP contribution in [0.1, 0.15) is 13.8 Å². The summed E-state index contributed by atoms with van der Waals surface area (Å²) in [5, 5.41) is 11.2. The van der Waals surface area contributed by atoms with Crippen LogP contribution >= 0.6 is 0 Å². The van der Waals surface area contributed by atoms with E-state index >= 15 is 0 Å². The Hall–Kier alpha value is -3.93. The first-order chi connectivity index (χ1) is 15.3. The number of aromatic nitrogens is 5. The second kappa shape index (κ2) is 8.30. The highest BCUT2D eigenvalue weighted by molar-refractivity contribution is 5.91. The minimum absolute atomic E-state index is 0.262. The molecular weight excluding hydrogens is 421 g/mol. The number of tetrazole rings is 1. The van der Waals surface area contributed by atoms with Crippen molar-refractivity contribution in [3.8, 4) is 22.6 Å². The Morgan fingerprint density at radius 1 is 1.31 bits per heavy atom. The molecule has 3 heterocycles. The molecule has 2 aromatic heterocycles. The normalized spacial score (nSPS) is 19.0. The van der Waals surface area contributed by atoms with Crippen LogP contribution in [0.4, 0.5) is 14.9 Å². The molecule has 1 aromatic carbocycles. The molecule has 12 heteroatoms. The zero-order valence-electron chi connectivity index (χ0n) is 17.5. The van der Waals surface area contributed by atoms with Crippen LogP contribution in [-0.4, -0.2) is 55.6 Å². The van der Waals surface area contributed by atoms with Gasteiger partial charge in [0.05, 0.1) is 5.69 Å². The van der Waals surface area contributed by atoms with Crippen LogP contribution in [0.25, 0.3) is 22.6 Å². The first-order valence-corrected chi connectivity index (χ1v) is 9.71. The maximum atomic E-state index is 14.9. The molecule has 166 valence electrons. The van der Waals surface area contributed by atoms with Gasteiger partial charge in [0.25, 0.3) is 6.29 Å². The lowest BCUT2D eigenvalue weighted by molar-refractivity contribution is -0.166. The number of rotatable bonds is 5. The first kappa shape index (κ1) is 21.3.